The molecule has 0 bridgehead atoms. The summed E-state index contributed by atoms with van der Waals surface area (Å²) in [6, 6.07) is 2.24. The Bertz CT molecular complexity index is 356. The van der Waals surface area contributed by atoms with Crippen molar-refractivity contribution >= 4 is 11.8 Å². The van der Waals surface area contributed by atoms with Gasteiger partial charge in [0.15, 0.2) is 0 Å². The zero-order chi connectivity index (χ0) is 11.0. The zero-order valence-corrected chi connectivity index (χ0v) is 10.4. The summed E-state index contributed by atoms with van der Waals surface area (Å²) in [5.74, 6) is 1.22. The SMILES string of the molecule is NC1(c2cc3n(n2)CCCCS3)CCCC1. The number of fused-ring (bicyclic) bond motifs is 1. The van der Waals surface area contributed by atoms with Gasteiger partial charge in [0.1, 0.15) is 0 Å². The molecule has 0 amide bonds. The summed E-state index contributed by atoms with van der Waals surface area (Å²) in [6.45, 7) is 1.07. The summed E-state index contributed by atoms with van der Waals surface area (Å²) in [4.78, 5) is 0. The lowest BCUT2D eigenvalue weighted by molar-refractivity contribution is 0.432. The smallest absolute Gasteiger partial charge is 0.0943 e. The van der Waals surface area contributed by atoms with E-state index in [2.05, 4.69) is 10.7 Å². The summed E-state index contributed by atoms with van der Waals surface area (Å²) in [5.41, 5.74) is 7.45. The molecule has 0 unspecified atom stereocenters. The second-order valence-corrected chi connectivity index (χ2v) is 6.12. The molecule has 1 fully saturated rings. The third-order valence-corrected chi connectivity index (χ3v) is 4.88. The van der Waals surface area contributed by atoms with Crippen molar-refractivity contribution < 1.29 is 0 Å². The fourth-order valence-electron chi connectivity index (χ4n) is 2.72. The number of aromatic nitrogens is 2. The van der Waals surface area contributed by atoms with Gasteiger partial charge in [0.25, 0.3) is 0 Å². The van der Waals surface area contributed by atoms with Crippen LogP contribution in [0.4, 0.5) is 0 Å². The highest BCUT2D eigenvalue weighted by molar-refractivity contribution is 7.99. The topological polar surface area (TPSA) is 43.8 Å². The lowest BCUT2D eigenvalue weighted by atomic mass is 9.95. The second-order valence-electron chi connectivity index (χ2n) is 5.01. The van der Waals surface area contributed by atoms with Gasteiger partial charge in [0.2, 0.25) is 0 Å². The van der Waals surface area contributed by atoms with Crippen molar-refractivity contribution in [2.45, 2.75) is 55.6 Å². The van der Waals surface area contributed by atoms with Crippen LogP contribution in [0.2, 0.25) is 0 Å². The molecule has 2 aliphatic rings. The Balaban J connectivity index is 1.91. The lowest BCUT2D eigenvalue weighted by Gasteiger charge is -2.20. The molecule has 2 N–H and O–H groups in total. The summed E-state index contributed by atoms with van der Waals surface area (Å²) in [5, 5.41) is 6.06. The van der Waals surface area contributed by atoms with Crippen molar-refractivity contribution in [2.75, 3.05) is 5.75 Å². The molecule has 3 nitrogen and oxygen atoms in total. The van der Waals surface area contributed by atoms with Gasteiger partial charge in [-0.2, -0.15) is 5.10 Å². The fraction of sp³-hybridized carbons (Fsp3) is 0.750. The van der Waals surface area contributed by atoms with Crippen LogP contribution >= 0.6 is 11.8 Å². The first-order valence-electron chi connectivity index (χ1n) is 6.28. The van der Waals surface area contributed by atoms with E-state index in [4.69, 9.17) is 10.8 Å². The molecular formula is C12H19N3S. The van der Waals surface area contributed by atoms with Crippen molar-refractivity contribution in [1.29, 1.82) is 0 Å². The number of rotatable bonds is 1. The first-order valence-corrected chi connectivity index (χ1v) is 7.26. The maximum atomic E-state index is 6.45. The molecule has 4 heteroatoms. The normalized spacial score (nSPS) is 24.1. The number of hydrogen-bond donors (Lipinski definition) is 1. The van der Waals surface area contributed by atoms with E-state index in [0.29, 0.717) is 0 Å². The molecule has 0 radical (unpaired) electrons. The molecule has 1 aromatic rings. The lowest BCUT2D eigenvalue weighted by Crippen LogP contribution is -2.33. The predicted molar refractivity (Wildman–Crippen MR) is 66.5 cm³/mol. The van der Waals surface area contributed by atoms with E-state index in [1.165, 1.54) is 36.5 Å². The van der Waals surface area contributed by atoms with Crippen LogP contribution in [0.5, 0.6) is 0 Å². The van der Waals surface area contributed by atoms with Crippen molar-refractivity contribution in [1.82, 2.24) is 9.78 Å². The highest BCUT2D eigenvalue weighted by Gasteiger charge is 2.34. The molecule has 3 rings (SSSR count). The van der Waals surface area contributed by atoms with Crippen molar-refractivity contribution in [3.63, 3.8) is 0 Å². The van der Waals surface area contributed by atoms with Crippen LogP contribution in [0.15, 0.2) is 11.1 Å². The monoisotopic (exact) mass is 237 g/mol. The highest BCUT2D eigenvalue weighted by Crippen LogP contribution is 2.37. The summed E-state index contributed by atoms with van der Waals surface area (Å²) in [6.07, 6.45) is 7.27. The summed E-state index contributed by atoms with van der Waals surface area (Å²) < 4.78 is 2.17. The summed E-state index contributed by atoms with van der Waals surface area (Å²) in [7, 11) is 0. The summed E-state index contributed by atoms with van der Waals surface area (Å²) >= 11 is 1.93. The predicted octanol–water partition coefficient (Wildman–Crippen LogP) is 2.50. The number of aryl methyl sites for hydroxylation is 1. The zero-order valence-electron chi connectivity index (χ0n) is 9.61. The molecule has 0 aromatic carbocycles. The molecule has 0 atom stereocenters. The van der Waals surface area contributed by atoms with Gasteiger partial charge < -0.3 is 5.73 Å². The minimum absolute atomic E-state index is 0.125. The van der Waals surface area contributed by atoms with Gasteiger partial charge in [0, 0.05) is 6.54 Å². The van der Waals surface area contributed by atoms with Gasteiger partial charge in [-0.15, -0.1) is 11.8 Å². The van der Waals surface area contributed by atoms with Crippen LogP contribution in [-0.4, -0.2) is 15.5 Å². The fourth-order valence-corrected chi connectivity index (χ4v) is 3.76. The van der Waals surface area contributed by atoms with E-state index in [-0.39, 0.29) is 5.54 Å². The van der Waals surface area contributed by atoms with Crippen LogP contribution in [-0.2, 0) is 12.1 Å². The molecule has 88 valence electrons. The maximum absolute atomic E-state index is 6.45. The molecule has 0 spiro atoms. The highest BCUT2D eigenvalue weighted by atomic mass is 32.2. The minimum Gasteiger partial charge on any atom is -0.320 e. The van der Waals surface area contributed by atoms with Crippen LogP contribution in [0, 0.1) is 0 Å². The quantitative estimate of drug-likeness (QED) is 0.816. The van der Waals surface area contributed by atoms with E-state index in [1.807, 2.05) is 11.8 Å². The van der Waals surface area contributed by atoms with Gasteiger partial charge in [-0.05, 0) is 37.5 Å². The Hall–Kier alpha value is -0.480. The van der Waals surface area contributed by atoms with Crippen molar-refractivity contribution in [2.24, 2.45) is 5.73 Å². The van der Waals surface area contributed by atoms with Gasteiger partial charge in [-0.3, -0.25) is 4.68 Å². The molecule has 1 aliphatic carbocycles. The standard InChI is InChI=1S/C12H19N3S/c13-12(5-1-2-6-12)10-9-11-15(14-10)7-3-4-8-16-11/h9H,1-8,13H2. The van der Waals surface area contributed by atoms with Gasteiger partial charge in [0.05, 0.1) is 16.3 Å². The largest absolute Gasteiger partial charge is 0.320 e. The Morgan fingerprint density at radius 3 is 2.88 bits per heavy atom. The average Bonchev–Trinajstić information content (AvgIpc) is 2.82. The van der Waals surface area contributed by atoms with E-state index in [0.717, 1.165) is 25.1 Å². The number of thioether (sulfide) groups is 1. The molecule has 16 heavy (non-hydrogen) atoms. The molecule has 1 aliphatic heterocycles. The Morgan fingerprint density at radius 2 is 2.06 bits per heavy atom. The minimum atomic E-state index is -0.125. The first kappa shape index (κ1) is 10.7. The molecule has 2 heterocycles. The maximum Gasteiger partial charge on any atom is 0.0943 e. The van der Waals surface area contributed by atoms with E-state index >= 15 is 0 Å². The first-order chi connectivity index (χ1) is 7.78. The molecule has 1 saturated carbocycles. The van der Waals surface area contributed by atoms with Gasteiger partial charge in [-0.25, -0.2) is 0 Å². The van der Waals surface area contributed by atoms with Gasteiger partial charge >= 0.3 is 0 Å². The van der Waals surface area contributed by atoms with Gasteiger partial charge in [-0.1, -0.05) is 12.8 Å². The molecule has 0 saturated heterocycles. The van der Waals surface area contributed by atoms with Crippen LogP contribution < -0.4 is 5.73 Å². The van der Waals surface area contributed by atoms with Crippen LogP contribution in [0.1, 0.15) is 44.2 Å². The number of nitrogens with zero attached hydrogens (tertiary/aromatic N) is 2. The van der Waals surface area contributed by atoms with E-state index < -0.39 is 0 Å². The van der Waals surface area contributed by atoms with Crippen molar-refractivity contribution in [3.8, 4) is 0 Å². The Labute approximate surface area is 101 Å². The number of nitrogens with two attached hydrogens (primary N) is 1. The van der Waals surface area contributed by atoms with Crippen molar-refractivity contribution in [3.05, 3.63) is 11.8 Å². The second kappa shape index (κ2) is 4.08. The van der Waals surface area contributed by atoms with Crippen LogP contribution in [0.3, 0.4) is 0 Å². The van der Waals surface area contributed by atoms with E-state index in [1.54, 1.807) is 0 Å². The van der Waals surface area contributed by atoms with E-state index in [9.17, 15) is 0 Å². The third-order valence-electron chi connectivity index (χ3n) is 3.76. The Morgan fingerprint density at radius 1 is 1.25 bits per heavy atom. The third kappa shape index (κ3) is 1.78. The van der Waals surface area contributed by atoms with Crippen LogP contribution in [0.25, 0.3) is 0 Å². The number of hydrogen-bond acceptors (Lipinski definition) is 3. The average molecular weight is 237 g/mol. The molecular weight excluding hydrogens is 218 g/mol. The molecule has 1 aromatic heterocycles. The Kier molecular flexibility index (Phi) is 2.72.